The lowest BCUT2D eigenvalue weighted by Crippen LogP contribution is -2.46. The van der Waals surface area contributed by atoms with Gasteiger partial charge in [-0.05, 0) is 18.7 Å². The molecule has 1 amide bonds. The Labute approximate surface area is 144 Å². The molecule has 0 spiro atoms. The van der Waals surface area contributed by atoms with Crippen LogP contribution in [-0.2, 0) is 0 Å². The highest BCUT2D eigenvalue weighted by Crippen LogP contribution is 2.16. The number of nitrogens with zero attached hydrogens (tertiary/aromatic N) is 4. The first-order valence-electron chi connectivity index (χ1n) is 8.12. The maximum atomic E-state index is 13.6. The fraction of sp³-hybridized carbons (Fsp3) is 0.353. The van der Waals surface area contributed by atoms with Gasteiger partial charge in [0.25, 0.3) is 5.91 Å². The molecule has 132 valence electrons. The minimum Gasteiger partial charge on any atom is -0.338 e. The molecule has 0 aliphatic carbocycles. The predicted molar refractivity (Wildman–Crippen MR) is 90.7 cm³/mol. The van der Waals surface area contributed by atoms with Crippen LogP contribution in [0, 0.1) is 11.6 Å². The number of benzene rings is 1. The molecule has 0 saturated carbocycles. The number of carbonyl (C=O) groups is 1. The van der Waals surface area contributed by atoms with Gasteiger partial charge in [0.1, 0.15) is 11.6 Å². The lowest BCUT2D eigenvalue weighted by Gasteiger charge is -2.33. The average molecular weight is 347 g/mol. The first kappa shape index (κ1) is 17.2. The van der Waals surface area contributed by atoms with Crippen LogP contribution in [0.2, 0.25) is 0 Å². The van der Waals surface area contributed by atoms with Gasteiger partial charge in [0.2, 0.25) is 5.95 Å². The number of hydrogen-bond acceptors (Lipinski definition) is 5. The van der Waals surface area contributed by atoms with E-state index in [0.29, 0.717) is 12.0 Å². The number of amides is 1. The number of anilines is 2. The molecule has 1 aromatic heterocycles. The zero-order chi connectivity index (χ0) is 17.8. The van der Waals surface area contributed by atoms with Gasteiger partial charge < -0.3 is 15.1 Å². The topological polar surface area (TPSA) is 61.4 Å². The Morgan fingerprint density at radius 2 is 1.84 bits per heavy atom. The maximum absolute atomic E-state index is 13.6. The summed E-state index contributed by atoms with van der Waals surface area (Å²) in [6, 6.07) is 2.96. The van der Waals surface area contributed by atoms with Crippen LogP contribution in [0.3, 0.4) is 0 Å². The minimum absolute atomic E-state index is 0.0915. The predicted octanol–water partition coefficient (Wildman–Crippen LogP) is 2.15. The van der Waals surface area contributed by atoms with Crippen molar-refractivity contribution in [3.8, 4) is 0 Å². The molecule has 8 heteroatoms. The van der Waals surface area contributed by atoms with Crippen LogP contribution in [0.25, 0.3) is 0 Å². The van der Waals surface area contributed by atoms with Crippen molar-refractivity contribution in [3.63, 3.8) is 0 Å². The third-order valence-electron chi connectivity index (χ3n) is 4.18. The van der Waals surface area contributed by atoms with Gasteiger partial charge in [0.05, 0.1) is 11.3 Å². The molecule has 0 unspecified atom stereocenters. The Hall–Kier alpha value is -2.61. The molecule has 6 nitrogen and oxygen atoms in total. The summed E-state index contributed by atoms with van der Waals surface area (Å²) in [7, 11) is 0. The van der Waals surface area contributed by atoms with E-state index in [4.69, 9.17) is 0 Å². The van der Waals surface area contributed by atoms with E-state index in [-0.39, 0.29) is 11.3 Å². The minimum atomic E-state index is -0.834. The molecule has 1 aliphatic rings. The van der Waals surface area contributed by atoms with E-state index < -0.39 is 17.5 Å². The summed E-state index contributed by atoms with van der Waals surface area (Å²) in [5.74, 6) is -1.51. The summed E-state index contributed by atoms with van der Waals surface area (Å²) < 4.78 is 26.5. The van der Waals surface area contributed by atoms with E-state index in [9.17, 15) is 13.6 Å². The Morgan fingerprint density at radius 1 is 1.16 bits per heavy atom. The van der Waals surface area contributed by atoms with E-state index in [2.05, 4.69) is 32.0 Å². The monoisotopic (exact) mass is 347 g/mol. The molecule has 25 heavy (non-hydrogen) atoms. The Balaban J connectivity index is 1.64. The van der Waals surface area contributed by atoms with Crippen LogP contribution < -0.4 is 10.2 Å². The second-order valence-electron chi connectivity index (χ2n) is 5.77. The number of likely N-dealkylation sites (N-methyl/N-ethyl adjacent to an activating group) is 1. The van der Waals surface area contributed by atoms with Crippen LogP contribution in [0.15, 0.2) is 30.6 Å². The summed E-state index contributed by atoms with van der Waals surface area (Å²) >= 11 is 0. The van der Waals surface area contributed by atoms with E-state index in [1.54, 1.807) is 0 Å². The summed E-state index contributed by atoms with van der Waals surface area (Å²) in [4.78, 5) is 25.0. The fourth-order valence-electron chi connectivity index (χ4n) is 2.65. The zero-order valence-corrected chi connectivity index (χ0v) is 13.9. The van der Waals surface area contributed by atoms with Gasteiger partial charge in [-0.2, -0.15) is 0 Å². The summed E-state index contributed by atoms with van der Waals surface area (Å²) in [6.07, 6.45) is 2.82. The second kappa shape index (κ2) is 7.52. The molecule has 1 fully saturated rings. The molecule has 3 rings (SSSR count). The van der Waals surface area contributed by atoms with Crippen molar-refractivity contribution in [2.24, 2.45) is 0 Å². The molecule has 1 N–H and O–H groups in total. The number of aromatic nitrogens is 2. The highest BCUT2D eigenvalue weighted by Gasteiger charge is 2.18. The zero-order valence-electron chi connectivity index (χ0n) is 13.9. The number of nitrogens with one attached hydrogen (secondary N) is 1. The number of halogens is 2. The number of carbonyl (C=O) groups excluding carboxylic acids is 1. The lowest BCUT2D eigenvalue weighted by atomic mass is 10.2. The van der Waals surface area contributed by atoms with E-state index >= 15 is 0 Å². The molecule has 2 aromatic rings. The normalized spacial score (nSPS) is 15.2. The molecular formula is C17H19F2N5O. The van der Waals surface area contributed by atoms with Crippen LogP contribution in [0.1, 0.15) is 17.3 Å². The first-order chi connectivity index (χ1) is 12.1. The van der Waals surface area contributed by atoms with Crippen molar-refractivity contribution in [3.05, 3.63) is 47.8 Å². The summed E-state index contributed by atoms with van der Waals surface area (Å²) in [5.41, 5.74) is 0.117. The standard InChI is InChI=1S/C17H19F2N5O/c1-2-23-5-7-24(8-6-23)17-20-10-12(11-21-17)16(25)22-15-4-3-13(18)9-14(15)19/h3-4,9-11H,2,5-8H2,1H3,(H,22,25). The molecule has 0 bridgehead atoms. The summed E-state index contributed by atoms with van der Waals surface area (Å²) in [5, 5.41) is 2.39. The Morgan fingerprint density at radius 3 is 2.44 bits per heavy atom. The van der Waals surface area contributed by atoms with Gasteiger partial charge in [-0.15, -0.1) is 0 Å². The lowest BCUT2D eigenvalue weighted by molar-refractivity contribution is 0.102. The van der Waals surface area contributed by atoms with Crippen molar-refractivity contribution in [2.45, 2.75) is 6.92 Å². The third kappa shape index (κ3) is 4.08. The van der Waals surface area contributed by atoms with Gasteiger partial charge in [0.15, 0.2) is 0 Å². The van der Waals surface area contributed by atoms with Crippen molar-refractivity contribution in [1.29, 1.82) is 0 Å². The van der Waals surface area contributed by atoms with Crippen LogP contribution >= 0.6 is 0 Å². The molecule has 1 saturated heterocycles. The SMILES string of the molecule is CCN1CCN(c2ncc(C(=O)Nc3ccc(F)cc3F)cn2)CC1. The average Bonchev–Trinajstić information content (AvgIpc) is 2.64. The van der Waals surface area contributed by atoms with Crippen LogP contribution in [0.4, 0.5) is 20.4 Å². The van der Waals surface area contributed by atoms with Gasteiger partial charge in [-0.3, -0.25) is 4.79 Å². The highest BCUT2D eigenvalue weighted by molar-refractivity contribution is 6.03. The molecule has 1 aromatic carbocycles. The van der Waals surface area contributed by atoms with Crippen LogP contribution in [-0.4, -0.2) is 53.5 Å². The van der Waals surface area contributed by atoms with Crippen molar-refractivity contribution >= 4 is 17.5 Å². The number of rotatable bonds is 4. The molecule has 2 heterocycles. The van der Waals surface area contributed by atoms with E-state index in [1.807, 2.05) is 0 Å². The van der Waals surface area contributed by atoms with E-state index in [1.165, 1.54) is 18.5 Å². The fourth-order valence-corrected chi connectivity index (χ4v) is 2.65. The Kier molecular flexibility index (Phi) is 5.18. The largest absolute Gasteiger partial charge is 0.338 e. The maximum Gasteiger partial charge on any atom is 0.258 e. The summed E-state index contributed by atoms with van der Waals surface area (Å²) in [6.45, 7) is 6.72. The molecule has 1 aliphatic heterocycles. The number of piperazine rings is 1. The van der Waals surface area contributed by atoms with Crippen LogP contribution in [0.5, 0.6) is 0 Å². The molecule has 0 radical (unpaired) electrons. The van der Waals surface area contributed by atoms with Gasteiger partial charge in [0, 0.05) is 44.6 Å². The van der Waals surface area contributed by atoms with Gasteiger partial charge >= 0.3 is 0 Å². The third-order valence-corrected chi connectivity index (χ3v) is 4.18. The van der Waals surface area contributed by atoms with Crippen molar-refractivity contribution in [1.82, 2.24) is 14.9 Å². The molecule has 0 atom stereocenters. The van der Waals surface area contributed by atoms with Crippen molar-refractivity contribution in [2.75, 3.05) is 42.9 Å². The smallest absolute Gasteiger partial charge is 0.258 e. The first-order valence-corrected chi connectivity index (χ1v) is 8.12. The van der Waals surface area contributed by atoms with Crippen molar-refractivity contribution < 1.29 is 13.6 Å². The highest BCUT2D eigenvalue weighted by atomic mass is 19.1. The number of hydrogen-bond donors (Lipinski definition) is 1. The van der Waals surface area contributed by atoms with Gasteiger partial charge in [-0.25, -0.2) is 18.7 Å². The van der Waals surface area contributed by atoms with Gasteiger partial charge in [-0.1, -0.05) is 6.92 Å². The van der Waals surface area contributed by atoms with E-state index in [0.717, 1.165) is 38.8 Å². The second-order valence-corrected chi connectivity index (χ2v) is 5.77. The quantitative estimate of drug-likeness (QED) is 0.918. The molecular weight excluding hydrogens is 328 g/mol. The Bertz CT molecular complexity index is 745.